The van der Waals surface area contributed by atoms with Crippen LogP contribution in [0.25, 0.3) is 20.8 Å². The molecule has 3 fully saturated rings. The number of thioether (sulfide) groups is 1. The predicted octanol–water partition coefficient (Wildman–Crippen LogP) is 4.56. The molecule has 8 nitrogen and oxygen atoms in total. The molecule has 3 N–H and O–H groups in total. The minimum atomic E-state index is -4.58. The first-order chi connectivity index (χ1) is 17.2. The molecule has 1 aromatic carbocycles. The van der Waals surface area contributed by atoms with E-state index in [0.717, 1.165) is 17.8 Å². The average Bonchev–Trinajstić information content (AvgIpc) is 3.59. The van der Waals surface area contributed by atoms with Crippen molar-refractivity contribution in [3.05, 3.63) is 24.1 Å². The summed E-state index contributed by atoms with van der Waals surface area (Å²) in [6.07, 6.45) is -1.00. The van der Waals surface area contributed by atoms with Crippen LogP contribution in [-0.2, 0) is 9.53 Å². The van der Waals surface area contributed by atoms with E-state index in [1.165, 1.54) is 0 Å². The Balaban J connectivity index is 1.38. The molecule has 3 aliphatic heterocycles. The van der Waals surface area contributed by atoms with Crippen molar-refractivity contribution < 1.29 is 36.7 Å². The molecule has 2 bridgehead atoms. The van der Waals surface area contributed by atoms with Gasteiger partial charge in [0.25, 0.3) is 0 Å². The zero-order valence-corrected chi connectivity index (χ0v) is 20.1. The number of thiophene rings is 1. The lowest BCUT2D eigenvalue weighted by molar-refractivity contribution is -0.126. The smallest absolute Gasteiger partial charge is 0.383 e. The van der Waals surface area contributed by atoms with Gasteiger partial charge in [-0.15, -0.1) is 11.3 Å². The first kappa shape index (κ1) is 23.9. The van der Waals surface area contributed by atoms with Gasteiger partial charge in [0, 0.05) is 16.7 Å². The summed E-state index contributed by atoms with van der Waals surface area (Å²) in [5.41, 5.74) is -4.05. The van der Waals surface area contributed by atoms with E-state index in [2.05, 4.69) is 20.8 Å². The van der Waals surface area contributed by atoms with Gasteiger partial charge in [0.2, 0.25) is 17.6 Å². The van der Waals surface area contributed by atoms with E-state index >= 15 is 0 Å². The van der Waals surface area contributed by atoms with Crippen LogP contribution < -0.4 is 10.6 Å². The first-order valence-electron chi connectivity index (χ1n) is 11.4. The summed E-state index contributed by atoms with van der Waals surface area (Å²) in [6, 6.07) is 3.67. The van der Waals surface area contributed by atoms with E-state index in [0.29, 0.717) is 28.6 Å². The third-order valence-electron chi connectivity index (χ3n) is 6.65. The number of benzene rings is 1. The second-order valence-electron chi connectivity index (χ2n) is 9.06. The average molecular weight is 545 g/mol. The van der Waals surface area contributed by atoms with Crippen LogP contribution in [0.2, 0.25) is 0 Å². The SMILES string of the molecule is O=C1N[C@@H](c2nc(-c3sc4c(N[C@@H]5C[C@H]6CC[C@H](O6)[C@@H]5F)cccc4c3SC(F)(F)F)no2)C[C@@H]1O. The van der Waals surface area contributed by atoms with Crippen molar-refractivity contribution in [1.29, 1.82) is 0 Å². The van der Waals surface area contributed by atoms with Gasteiger partial charge in [-0.2, -0.15) is 18.2 Å². The Morgan fingerprint density at radius 1 is 1.25 bits per heavy atom. The Hall–Kier alpha value is -2.42. The predicted molar refractivity (Wildman–Crippen MR) is 123 cm³/mol. The molecule has 3 aliphatic rings. The summed E-state index contributed by atoms with van der Waals surface area (Å²) in [5, 5.41) is 19.6. The standard InChI is InChI=1S/C22H20F4N4O4S2/c23-15-11(6-8-4-5-14(15)33-8)27-10-3-1-2-9-16(10)35-18(17(9)36-22(24,25)26)19-29-21(34-30-19)12-7-13(31)20(32)28-12/h1-3,8,11-15,27,31H,4-7H2,(H,28,32)/t8-,11-,12-,13+,14+,15-/m1/s1. The summed E-state index contributed by atoms with van der Waals surface area (Å²) in [5.74, 6) is -0.656. The van der Waals surface area contributed by atoms with Crippen molar-refractivity contribution in [1.82, 2.24) is 15.5 Å². The van der Waals surface area contributed by atoms with Gasteiger partial charge in [-0.1, -0.05) is 17.3 Å². The number of carbonyl (C=O) groups is 1. The maximum Gasteiger partial charge on any atom is 0.446 e. The lowest BCUT2D eigenvalue weighted by atomic mass is 10.0. The normalized spacial score (nSPS) is 30.2. The molecule has 1 amide bonds. The highest BCUT2D eigenvalue weighted by molar-refractivity contribution is 8.00. The second kappa shape index (κ2) is 8.85. The fraction of sp³-hybridized carbons (Fsp3) is 0.500. The molecular formula is C22H20F4N4O4S2. The van der Waals surface area contributed by atoms with Gasteiger partial charge in [0.15, 0.2) is 0 Å². The van der Waals surface area contributed by atoms with Crippen LogP contribution in [0.4, 0.5) is 23.2 Å². The van der Waals surface area contributed by atoms with E-state index in [1.807, 2.05) is 0 Å². The summed E-state index contributed by atoms with van der Waals surface area (Å²) in [7, 11) is 0. The fourth-order valence-corrected chi connectivity index (χ4v) is 7.12. The van der Waals surface area contributed by atoms with Gasteiger partial charge >= 0.3 is 5.51 Å². The summed E-state index contributed by atoms with van der Waals surface area (Å²) in [6.45, 7) is 0. The first-order valence-corrected chi connectivity index (χ1v) is 13.0. The van der Waals surface area contributed by atoms with Gasteiger partial charge in [-0.25, -0.2) is 4.39 Å². The van der Waals surface area contributed by atoms with E-state index in [1.54, 1.807) is 18.2 Å². The Bertz CT molecular complexity index is 1310. The lowest BCUT2D eigenvalue weighted by Gasteiger charge is -2.33. The maximum atomic E-state index is 15.0. The zero-order chi connectivity index (χ0) is 25.2. The molecule has 192 valence electrons. The summed E-state index contributed by atoms with van der Waals surface area (Å²) < 4.78 is 67.0. The highest BCUT2D eigenvalue weighted by Gasteiger charge is 2.44. The summed E-state index contributed by atoms with van der Waals surface area (Å²) >= 11 is 0.773. The van der Waals surface area contributed by atoms with Crippen LogP contribution in [0.3, 0.4) is 0 Å². The molecule has 0 radical (unpaired) electrons. The van der Waals surface area contributed by atoms with Gasteiger partial charge in [0.05, 0.1) is 33.5 Å². The second-order valence-corrected chi connectivity index (χ2v) is 11.2. The van der Waals surface area contributed by atoms with E-state index in [9.17, 15) is 27.5 Å². The quantitative estimate of drug-likeness (QED) is 0.317. The number of aliphatic hydroxyl groups is 1. The molecule has 0 unspecified atom stereocenters. The number of carbonyl (C=O) groups excluding carboxylic acids is 1. The summed E-state index contributed by atoms with van der Waals surface area (Å²) in [4.78, 5) is 15.9. The number of halogens is 4. The number of amides is 1. The van der Waals surface area contributed by atoms with E-state index in [4.69, 9.17) is 9.26 Å². The number of aromatic nitrogens is 2. The van der Waals surface area contributed by atoms with Crippen LogP contribution >= 0.6 is 23.1 Å². The van der Waals surface area contributed by atoms with Crippen LogP contribution in [0.15, 0.2) is 27.6 Å². The van der Waals surface area contributed by atoms with Gasteiger partial charge < -0.3 is 25.0 Å². The minimum absolute atomic E-state index is 0.00776. The minimum Gasteiger partial charge on any atom is -0.383 e. The number of rotatable bonds is 5. The monoisotopic (exact) mass is 544 g/mol. The largest absolute Gasteiger partial charge is 0.446 e. The van der Waals surface area contributed by atoms with Gasteiger partial charge in [-0.05, 0) is 37.1 Å². The molecule has 6 atom stereocenters. The number of anilines is 1. The Kier molecular flexibility index (Phi) is 5.89. The van der Waals surface area contributed by atoms with Crippen molar-refractivity contribution in [2.24, 2.45) is 0 Å². The number of hydrogen-bond donors (Lipinski definition) is 3. The molecule has 14 heteroatoms. The van der Waals surface area contributed by atoms with Crippen molar-refractivity contribution in [3.63, 3.8) is 0 Å². The highest BCUT2D eigenvalue weighted by atomic mass is 32.2. The van der Waals surface area contributed by atoms with E-state index in [-0.39, 0.29) is 45.8 Å². The van der Waals surface area contributed by atoms with Crippen molar-refractivity contribution >= 4 is 44.8 Å². The highest BCUT2D eigenvalue weighted by Crippen LogP contribution is 2.51. The molecular weight excluding hydrogens is 524 g/mol. The van der Waals surface area contributed by atoms with Gasteiger partial charge in [-0.3, -0.25) is 4.79 Å². The molecule has 2 aromatic heterocycles. The number of nitrogens with zero attached hydrogens (tertiary/aromatic N) is 2. The molecule has 6 rings (SSSR count). The number of fused-ring (bicyclic) bond motifs is 3. The molecule has 0 aliphatic carbocycles. The topological polar surface area (TPSA) is 110 Å². The van der Waals surface area contributed by atoms with Crippen LogP contribution in [0.1, 0.15) is 37.6 Å². The van der Waals surface area contributed by atoms with E-state index < -0.39 is 41.9 Å². The number of nitrogens with one attached hydrogen (secondary N) is 2. The van der Waals surface area contributed by atoms with Gasteiger partial charge in [0.1, 0.15) is 18.3 Å². The zero-order valence-electron chi connectivity index (χ0n) is 18.4. The molecule has 3 aromatic rings. The fourth-order valence-electron chi connectivity index (χ4n) is 5.01. The number of aliphatic hydroxyl groups excluding tert-OH is 1. The van der Waals surface area contributed by atoms with Crippen molar-refractivity contribution in [3.8, 4) is 10.7 Å². The van der Waals surface area contributed by atoms with Crippen molar-refractivity contribution in [2.75, 3.05) is 5.32 Å². The number of alkyl halides is 4. The van der Waals surface area contributed by atoms with Crippen LogP contribution in [0, 0.1) is 0 Å². The Labute approximate surface area is 209 Å². The Morgan fingerprint density at radius 3 is 2.83 bits per heavy atom. The molecule has 5 heterocycles. The number of hydrogen-bond acceptors (Lipinski definition) is 9. The third kappa shape index (κ3) is 4.33. The molecule has 36 heavy (non-hydrogen) atoms. The Morgan fingerprint density at radius 2 is 2.08 bits per heavy atom. The third-order valence-corrected chi connectivity index (χ3v) is 8.87. The number of ether oxygens (including phenoxy) is 1. The van der Waals surface area contributed by atoms with Crippen LogP contribution in [-0.4, -0.2) is 57.2 Å². The molecule has 0 spiro atoms. The van der Waals surface area contributed by atoms with Crippen LogP contribution in [0.5, 0.6) is 0 Å². The molecule has 3 saturated heterocycles. The lowest BCUT2D eigenvalue weighted by Crippen LogP contribution is -2.44. The molecule has 0 saturated carbocycles. The maximum absolute atomic E-state index is 15.0. The van der Waals surface area contributed by atoms with Crippen molar-refractivity contribution in [2.45, 2.75) is 72.7 Å².